The molecule has 0 aromatic heterocycles. The number of sulfonamides is 2. The van der Waals surface area contributed by atoms with E-state index in [0.29, 0.717) is 17.9 Å². The number of anilines is 2. The summed E-state index contributed by atoms with van der Waals surface area (Å²) < 4.78 is 52.3. The highest BCUT2D eigenvalue weighted by Gasteiger charge is 2.20. The summed E-state index contributed by atoms with van der Waals surface area (Å²) in [5.74, 6) is -0.367. The van der Waals surface area contributed by atoms with Gasteiger partial charge in [-0.15, -0.1) is 0 Å². The van der Waals surface area contributed by atoms with E-state index in [-0.39, 0.29) is 22.2 Å². The van der Waals surface area contributed by atoms with E-state index in [9.17, 15) is 21.6 Å². The first-order valence-electron chi connectivity index (χ1n) is 10.5. The molecule has 0 aliphatic rings. The fourth-order valence-corrected chi connectivity index (χ4v) is 5.05. The van der Waals surface area contributed by atoms with Crippen molar-refractivity contribution in [1.29, 1.82) is 0 Å². The highest BCUT2D eigenvalue weighted by Crippen LogP contribution is 2.22. The third kappa shape index (κ3) is 6.76. The lowest BCUT2D eigenvalue weighted by Gasteiger charge is -2.17. The zero-order valence-electron chi connectivity index (χ0n) is 19.6. The van der Waals surface area contributed by atoms with Crippen LogP contribution in [0.25, 0.3) is 0 Å². The molecule has 9 nitrogen and oxygen atoms in total. The van der Waals surface area contributed by atoms with Crippen molar-refractivity contribution in [3.05, 3.63) is 48.0 Å². The van der Waals surface area contributed by atoms with E-state index in [1.54, 1.807) is 32.2 Å². The van der Waals surface area contributed by atoms with Gasteiger partial charge in [0.25, 0.3) is 0 Å². The minimum atomic E-state index is -3.62. The van der Waals surface area contributed by atoms with Crippen LogP contribution in [0.5, 0.6) is 0 Å². The number of unbranched alkanes of at least 4 members (excludes halogenated alkanes) is 1. The van der Waals surface area contributed by atoms with E-state index in [4.69, 9.17) is 0 Å². The maximum atomic E-state index is 12.6. The van der Waals surface area contributed by atoms with Crippen molar-refractivity contribution in [3.63, 3.8) is 0 Å². The Morgan fingerprint density at radius 2 is 1.52 bits per heavy atom. The molecule has 0 unspecified atom stereocenters. The maximum Gasteiger partial charge on any atom is 0.243 e. The second-order valence-corrected chi connectivity index (χ2v) is 12.1. The molecule has 33 heavy (non-hydrogen) atoms. The van der Waals surface area contributed by atoms with E-state index in [2.05, 4.69) is 10.6 Å². The van der Waals surface area contributed by atoms with Gasteiger partial charge >= 0.3 is 0 Å². The quantitative estimate of drug-likeness (QED) is 0.494. The van der Waals surface area contributed by atoms with Crippen LogP contribution in [-0.4, -0.2) is 65.6 Å². The molecule has 0 fully saturated rings. The van der Waals surface area contributed by atoms with Crippen LogP contribution in [-0.2, 0) is 24.8 Å². The average Bonchev–Trinajstić information content (AvgIpc) is 2.77. The van der Waals surface area contributed by atoms with Crippen LogP contribution in [0.1, 0.15) is 25.3 Å². The molecule has 0 saturated carbocycles. The summed E-state index contributed by atoms with van der Waals surface area (Å²) in [7, 11) is -2.73. The van der Waals surface area contributed by atoms with Gasteiger partial charge in [-0.3, -0.25) is 4.79 Å². The molecule has 0 aliphatic carbocycles. The Hall–Kier alpha value is -2.47. The summed E-state index contributed by atoms with van der Waals surface area (Å²) in [4.78, 5) is 12.7. The van der Waals surface area contributed by atoms with Crippen LogP contribution in [0.15, 0.2) is 52.3 Å². The molecular weight excluding hydrogens is 464 g/mol. The zero-order valence-corrected chi connectivity index (χ0v) is 21.3. The second kappa shape index (κ2) is 11.1. The number of aryl methyl sites for hydroxylation is 1. The van der Waals surface area contributed by atoms with Gasteiger partial charge in [-0.25, -0.2) is 25.4 Å². The van der Waals surface area contributed by atoms with Crippen molar-refractivity contribution in [2.45, 2.75) is 36.5 Å². The molecule has 0 aliphatic heterocycles. The van der Waals surface area contributed by atoms with Gasteiger partial charge in [-0.1, -0.05) is 19.4 Å². The van der Waals surface area contributed by atoms with Crippen molar-refractivity contribution in [3.8, 4) is 0 Å². The fourth-order valence-electron chi connectivity index (χ4n) is 2.91. The lowest BCUT2D eigenvalue weighted by molar-refractivity contribution is -0.114. The summed E-state index contributed by atoms with van der Waals surface area (Å²) in [6.45, 7) is 4.15. The zero-order chi connectivity index (χ0) is 24.8. The van der Waals surface area contributed by atoms with E-state index >= 15 is 0 Å². The first-order chi connectivity index (χ1) is 15.4. The van der Waals surface area contributed by atoms with E-state index in [1.165, 1.54) is 42.7 Å². The van der Waals surface area contributed by atoms with Crippen molar-refractivity contribution >= 4 is 37.3 Å². The van der Waals surface area contributed by atoms with Gasteiger partial charge in [-0.2, -0.15) is 0 Å². The summed E-state index contributed by atoms with van der Waals surface area (Å²) in [6.07, 6.45) is 1.69. The van der Waals surface area contributed by atoms with E-state index < -0.39 is 20.0 Å². The number of benzene rings is 2. The molecule has 2 aromatic carbocycles. The highest BCUT2D eigenvalue weighted by atomic mass is 32.2. The molecule has 0 spiro atoms. The van der Waals surface area contributed by atoms with Crippen LogP contribution in [0.3, 0.4) is 0 Å². The van der Waals surface area contributed by atoms with E-state index in [0.717, 1.165) is 22.7 Å². The summed E-state index contributed by atoms with van der Waals surface area (Å²) in [5.41, 5.74) is 1.71. The second-order valence-electron chi connectivity index (χ2n) is 7.87. The lowest BCUT2D eigenvalue weighted by atomic mass is 10.2. The van der Waals surface area contributed by atoms with Crippen molar-refractivity contribution in [1.82, 2.24) is 8.61 Å². The first kappa shape index (κ1) is 26.8. The van der Waals surface area contributed by atoms with Crippen molar-refractivity contribution in [2.24, 2.45) is 0 Å². The van der Waals surface area contributed by atoms with Gasteiger partial charge in [-0.05, 0) is 55.3 Å². The minimum Gasteiger partial charge on any atom is -0.376 e. The normalized spacial score (nSPS) is 12.2. The third-order valence-corrected chi connectivity index (χ3v) is 8.79. The molecule has 2 rings (SSSR count). The van der Waals surface area contributed by atoms with Crippen LogP contribution >= 0.6 is 0 Å². The molecule has 0 radical (unpaired) electrons. The molecule has 1 amide bonds. The van der Waals surface area contributed by atoms with Crippen molar-refractivity contribution in [2.75, 3.05) is 44.9 Å². The third-order valence-electron chi connectivity index (χ3n) is 5.10. The number of nitrogens with zero attached hydrogens (tertiary/aromatic N) is 2. The Morgan fingerprint density at radius 1 is 0.909 bits per heavy atom. The summed E-state index contributed by atoms with van der Waals surface area (Å²) >= 11 is 0. The Bertz CT molecular complexity index is 1180. The SMILES string of the molecule is CCCCN(C)S(=O)(=O)c1ccc(NCC(=O)Nc2cc(S(=O)(=O)N(C)C)ccc2C)cc1. The van der Waals surface area contributed by atoms with Gasteiger partial charge in [0, 0.05) is 39.1 Å². The molecule has 11 heteroatoms. The van der Waals surface area contributed by atoms with E-state index in [1.807, 2.05) is 6.92 Å². The summed E-state index contributed by atoms with van der Waals surface area (Å²) in [5, 5.41) is 5.66. The van der Waals surface area contributed by atoms with Crippen LogP contribution in [0.2, 0.25) is 0 Å². The highest BCUT2D eigenvalue weighted by molar-refractivity contribution is 7.89. The molecule has 2 aromatic rings. The number of nitrogens with one attached hydrogen (secondary N) is 2. The number of carbonyl (C=O) groups is 1. The molecular formula is C22H32N4O5S2. The van der Waals surface area contributed by atoms with Gasteiger partial charge < -0.3 is 10.6 Å². The van der Waals surface area contributed by atoms with Crippen LogP contribution < -0.4 is 10.6 Å². The Labute approximate surface area is 196 Å². The number of amides is 1. The first-order valence-corrected chi connectivity index (χ1v) is 13.4. The number of hydrogen-bond acceptors (Lipinski definition) is 6. The Morgan fingerprint density at radius 3 is 2.09 bits per heavy atom. The predicted molar refractivity (Wildman–Crippen MR) is 130 cm³/mol. The molecule has 0 bridgehead atoms. The van der Waals surface area contributed by atoms with Gasteiger partial charge in [0.1, 0.15) is 0 Å². The van der Waals surface area contributed by atoms with Gasteiger partial charge in [0.2, 0.25) is 26.0 Å². The van der Waals surface area contributed by atoms with Gasteiger partial charge in [0.15, 0.2) is 0 Å². The number of rotatable bonds is 11. The predicted octanol–water partition coefficient (Wildman–Crippen LogP) is 2.72. The molecule has 2 N–H and O–H groups in total. The molecule has 0 saturated heterocycles. The smallest absolute Gasteiger partial charge is 0.243 e. The number of carbonyl (C=O) groups excluding carboxylic acids is 1. The fraction of sp³-hybridized carbons (Fsp3) is 0.409. The number of hydrogen-bond donors (Lipinski definition) is 2. The topological polar surface area (TPSA) is 116 Å². The Balaban J connectivity index is 2.03. The van der Waals surface area contributed by atoms with Crippen LogP contribution in [0, 0.1) is 6.92 Å². The van der Waals surface area contributed by atoms with Gasteiger partial charge in [0.05, 0.1) is 16.3 Å². The monoisotopic (exact) mass is 496 g/mol. The summed E-state index contributed by atoms with van der Waals surface area (Å²) in [6, 6.07) is 10.8. The average molecular weight is 497 g/mol. The molecule has 0 atom stereocenters. The maximum absolute atomic E-state index is 12.6. The Kier molecular flexibility index (Phi) is 9.01. The largest absolute Gasteiger partial charge is 0.376 e. The minimum absolute atomic E-state index is 0.0768. The lowest BCUT2D eigenvalue weighted by Crippen LogP contribution is -2.28. The van der Waals surface area contributed by atoms with Crippen LogP contribution in [0.4, 0.5) is 11.4 Å². The standard InChI is InChI=1S/C22H32N4O5S2/c1-6-7-14-26(5)33(30,31)19-12-9-18(10-13-19)23-16-22(27)24-21-15-20(11-8-17(21)2)32(28,29)25(3)4/h8-13,15,23H,6-7,14,16H2,1-5H3,(H,24,27). The molecule has 0 heterocycles. The molecule has 182 valence electrons. The van der Waals surface area contributed by atoms with Crippen molar-refractivity contribution < 1.29 is 21.6 Å².